The van der Waals surface area contributed by atoms with E-state index in [1.165, 1.54) is 5.56 Å². The van der Waals surface area contributed by atoms with Gasteiger partial charge in [-0.25, -0.2) is 0 Å². The summed E-state index contributed by atoms with van der Waals surface area (Å²) in [5.74, 6) is 1.54. The van der Waals surface area contributed by atoms with Gasteiger partial charge in [-0.2, -0.15) is 0 Å². The Hall–Kier alpha value is -1.06. The molecular formula is C15H25NO2. The molecule has 0 aliphatic heterocycles. The molecule has 0 aliphatic rings. The molecule has 102 valence electrons. The molecule has 0 spiro atoms. The van der Waals surface area contributed by atoms with E-state index in [1.54, 1.807) is 7.11 Å². The minimum atomic E-state index is 0.605. The van der Waals surface area contributed by atoms with Crippen molar-refractivity contribution in [3.63, 3.8) is 0 Å². The molecule has 3 heteroatoms. The average Bonchev–Trinajstić information content (AvgIpc) is 2.39. The zero-order valence-electron chi connectivity index (χ0n) is 11.7. The van der Waals surface area contributed by atoms with Gasteiger partial charge in [0.05, 0.1) is 7.11 Å². The number of hydrogen-bond donors (Lipinski definition) is 1. The average molecular weight is 251 g/mol. The topological polar surface area (TPSA) is 30.5 Å². The Morgan fingerprint density at radius 1 is 1.33 bits per heavy atom. The Labute approximate surface area is 110 Å². The first-order chi connectivity index (χ1) is 8.80. The highest BCUT2D eigenvalue weighted by atomic mass is 16.5. The van der Waals surface area contributed by atoms with E-state index in [0.717, 1.165) is 38.3 Å². The van der Waals surface area contributed by atoms with Crippen LogP contribution in [0.3, 0.4) is 0 Å². The van der Waals surface area contributed by atoms with Gasteiger partial charge in [-0.1, -0.05) is 12.1 Å². The number of hydrogen-bond acceptors (Lipinski definition) is 3. The zero-order valence-corrected chi connectivity index (χ0v) is 11.7. The Kier molecular flexibility index (Phi) is 7.46. The fourth-order valence-electron chi connectivity index (χ4n) is 2.09. The van der Waals surface area contributed by atoms with E-state index in [1.807, 2.05) is 26.1 Å². The first-order valence-corrected chi connectivity index (χ1v) is 6.65. The van der Waals surface area contributed by atoms with Crippen LogP contribution in [0.5, 0.6) is 5.75 Å². The molecule has 18 heavy (non-hydrogen) atoms. The van der Waals surface area contributed by atoms with Crippen LogP contribution in [0.4, 0.5) is 0 Å². The van der Waals surface area contributed by atoms with E-state index in [0.29, 0.717) is 5.92 Å². The maximum Gasteiger partial charge on any atom is 0.119 e. The summed E-state index contributed by atoms with van der Waals surface area (Å²) in [5, 5.41) is 3.26. The van der Waals surface area contributed by atoms with E-state index in [4.69, 9.17) is 9.47 Å². The SMILES string of the molecule is CCOCCC(CNC)Cc1cccc(OC)c1. The van der Waals surface area contributed by atoms with Gasteiger partial charge in [0.1, 0.15) is 5.75 Å². The van der Waals surface area contributed by atoms with Gasteiger partial charge in [0.15, 0.2) is 0 Å². The van der Waals surface area contributed by atoms with Crippen molar-refractivity contribution in [2.45, 2.75) is 19.8 Å². The predicted octanol–water partition coefficient (Wildman–Crippen LogP) is 2.50. The van der Waals surface area contributed by atoms with Crippen LogP contribution in [0.25, 0.3) is 0 Å². The van der Waals surface area contributed by atoms with Crippen LogP contribution in [-0.4, -0.2) is 33.9 Å². The molecule has 0 aliphatic carbocycles. The number of methoxy groups -OCH3 is 1. The lowest BCUT2D eigenvalue weighted by Crippen LogP contribution is -2.22. The van der Waals surface area contributed by atoms with Crippen molar-refractivity contribution in [3.8, 4) is 5.75 Å². The molecule has 0 heterocycles. The molecule has 0 fully saturated rings. The zero-order chi connectivity index (χ0) is 13.2. The number of nitrogens with one attached hydrogen (secondary N) is 1. The van der Waals surface area contributed by atoms with Gasteiger partial charge >= 0.3 is 0 Å². The molecule has 1 aromatic rings. The molecule has 1 atom stereocenters. The fraction of sp³-hybridized carbons (Fsp3) is 0.600. The lowest BCUT2D eigenvalue weighted by atomic mass is 9.96. The molecule has 0 amide bonds. The molecule has 1 unspecified atom stereocenters. The van der Waals surface area contributed by atoms with Crippen molar-refractivity contribution in [2.24, 2.45) is 5.92 Å². The van der Waals surface area contributed by atoms with Gasteiger partial charge < -0.3 is 14.8 Å². The largest absolute Gasteiger partial charge is 0.497 e. The summed E-state index contributed by atoms with van der Waals surface area (Å²) in [6, 6.07) is 8.30. The predicted molar refractivity (Wildman–Crippen MR) is 75.2 cm³/mol. The summed E-state index contributed by atoms with van der Waals surface area (Å²) in [6.45, 7) is 4.69. The Bertz CT molecular complexity index is 328. The van der Waals surface area contributed by atoms with Crippen molar-refractivity contribution >= 4 is 0 Å². The van der Waals surface area contributed by atoms with Gasteiger partial charge in [0, 0.05) is 13.2 Å². The number of benzene rings is 1. The van der Waals surface area contributed by atoms with Crippen molar-refractivity contribution in [2.75, 3.05) is 33.9 Å². The number of ether oxygens (including phenoxy) is 2. The molecule has 0 radical (unpaired) electrons. The van der Waals surface area contributed by atoms with E-state index in [9.17, 15) is 0 Å². The van der Waals surface area contributed by atoms with Crippen molar-refractivity contribution in [3.05, 3.63) is 29.8 Å². The summed E-state index contributed by atoms with van der Waals surface area (Å²) in [6.07, 6.45) is 2.15. The third-order valence-electron chi connectivity index (χ3n) is 3.03. The van der Waals surface area contributed by atoms with Crippen LogP contribution in [0.2, 0.25) is 0 Å². The highest BCUT2D eigenvalue weighted by Crippen LogP contribution is 2.17. The van der Waals surface area contributed by atoms with Crippen LogP contribution in [0.15, 0.2) is 24.3 Å². The first-order valence-electron chi connectivity index (χ1n) is 6.65. The maximum absolute atomic E-state index is 5.44. The molecule has 1 N–H and O–H groups in total. The van der Waals surface area contributed by atoms with E-state index in [-0.39, 0.29) is 0 Å². The van der Waals surface area contributed by atoms with Crippen LogP contribution in [0.1, 0.15) is 18.9 Å². The third kappa shape index (κ3) is 5.52. The molecule has 0 saturated carbocycles. The van der Waals surface area contributed by atoms with Crippen LogP contribution < -0.4 is 10.1 Å². The number of rotatable bonds is 9. The molecule has 0 saturated heterocycles. The van der Waals surface area contributed by atoms with E-state index in [2.05, 4.69) is 17.4 Å². The van der Waals surface area contributed by atoms with Crippen molar-refractivity contribution in [1.82, 2.24) is 5.32 Å². The summed E-state index contributed by atoms with van der Waals surface area (Å²) >= 11 is 0. The van der Waals surface area contributed by atoms with Gasteiger partial charge in [-0.3, -0.25) is 0 Å². The van der Waals surface area contributed by atoms with Crippen molar-refractivity contribution in [1.29, 1.82) is 0 Å². The van der Waals surface area contributed by atoms with Gasteiger partial charge in [-0.05, 0) is 57.0 Å². The molecule has 0 aromatic heterocycles. The molecule has 0 bridgehead atoms. The smallest absolute Gasteiger partial charge is 0.119 e. The second-order valence-electron chi connectivity index (χ2n) is 4.46. The lowest BCUT2D eigenvalue weighted by molar-refractivity contribution is 0.132. The van der Waals surface area contributed by atoms with Gasteiger partial charge in [0.25, 0.3) is 0 Å². The second-order valence-corrected chi connectivity index (χ2v) is 4.46. The van der Waals surface area contributed by atoms with Gasteiger partial charge in [0.2, 0.25) is 0 Å². The summed E-state index contributed by atoms with van der Waals surface area (Å²) in [5.41, 5.74) is 1.33. The molecular weight excluding hydrogens is 226 g/mol. The Morgan fingerprint density at radius 3 is 2.83 bits per heavy atom. The molecule has 3 nitrogen and oxygen atoms in total. The summed E-state index contributed by atoms with van der Waals surface area (Å²) in [7, 11) is 3.71. The Balaban J connectivity index is 2.52. The Morgan fingerprint density at radius 2 is 2.17 bits per heavy atom. The standard InChI is InChI=1S/C15H25NO2/c1-4-18-9-8-14(12-16-2)10-13-6-5-7-15(11-13)17-3/h5-7,11,14,16H,4,8-10,12H2,1-3H3. The highest BCUT2D eigenvalue weighted by Gasteiger charge is 2.09. The minimum Gasteiger partial charge on any atom is -0.497 e. The monoisotopic (exact) mass is 251 g/mol. The van der Waals surface area contributed by atoms with E-state index >= 15 is 0 Å². The van der Waals surface area contributed by atoms with Crippen molar-refractivity contribution < 1.29 is 9.47 Å². The maximum atomic E-state index is 5.44. The molecule has 1 aromatic carbocycles. The second kappa shape index (κ2) is 8.95. The summed E-state index contributed by atoms with van der Waals surface area (Å²) in [4.78, 5) is 0. The highest BCUT2D eigenvalue weighted by molar-refractivity contribution is 5.28. The van der Waals surface area contributed by atoms with E-state index < -0.39 is 0 Å². The third-order valence-corrected chi connectivity index (χ3v) is 3.03. The van der Waals surface area contributed by atoms with Crippen LogP contribution in [-0.2, 0) is 11.2 Å². The quantitative estimate of drug-likeness (QED) is 0.684. The van der Waals surface area contributed by atoms with Gasteiger partial charge in [-0.15, -0.1) is 0 Å². The fourth-order valence-corrected chi connectivity index (χ4v) is 2.09. The van der Waals surface area contributed by atoms with Crippen LogP contribution in [0, 0.1) is 5.92 Å². The normalized spacial score (nSPS) is 12.4. The lowest BCUT2D eigenvalue weighted by Gasteiger charge is -2.17. The summed E-state index contributed by atoms with van der Waals surface area (Å²) < 4.78 is 10.7. The minimum absolute atomic E-state index is 0.605. The van der Waals surface area contributed by atoms with Crippen LogP contribution >= 0.6 is 0 Å². The molecule has 1 rings (SSSR count). The first kappa shape index (κ1) is 15.0.